The molecule has 37 heavy (non-hydrogen) atoms. The van der Waals surface area contributed by atoms with Gasteiger partial charge in [0.2, 0.25) is 0 Å². The summed E-state index contributed by atoms with van der Waals surface area (Å²) in [6, 6.07) is 8.51. The van der Waals surface area contributed by atoms with E-state index in [2.05, 4.69) is 65.0 Å². The molecule has 0 aliphatic carbocycles. The van der Waals surface area contributed by atoms with Crippen molar-refractivity contribution in [3.63, 3.8) is 0 Å². The van der Waals surface area contributed by atoms with E-state index < -0.39 is 20.5 Å². The van der Waals surface area contributed by atoms with Crippen molar-refractivity contribution in [1.82, 2.24) is 19.6 Å². The first-order valence-electron chi connectivity index (χ1n) is 11.2. The molecule has 1 aliphatic rings. The van der Waals surface area contributed by atoms with E-state index in [9.17, 15) is 0 Å². The Hall–Kier alpha value is -0.361. The molecule has 221 valence electrons. The van der Waals surface area contributed by atoms with Crippen LogP contribution in [-0.2, 0) is 23.6 Å². The maximum atomic E-state index is 8.49. The van der Waals surface area contributed by atoms with Crippen LogP contribution in [0.1, 0.15) is 18.4 Å². The number of halogens is 2. The van der Waals surface area contributed by atoms with Crippen molar-refractivity contribution in [3.8, 4) is 5.75 Å². The fraction of sp³-hybridized carbons (Fsp3) is 0.714. The van der Waals surface area contributed by atoms with E-state index in [0.717, 1.165) is 45.0 Å². The van der Waals surface area contributed by atoms with Gasteiger partial charge in [0.1, 0.15) is 5.75 Å². The zero-order chi connectivity index (χ0) is 27.8. The van der Waals surface area contributed by atoms with Crippen LogP contribution in [0, 0.1) is 20.5 Å². The number of hydrogen-bond donors (Lipinski definition) is 0. The molecule has 1 heterocycles. The Labute approximate surface area is 234 Å². The molecule has 1 radical (unpaired) electrons. The van der Waals surface area contributed by atoms with Crippen molar-refractivity contribution in [3.05, 3.63) is 29.8 Å². The largest absolute Gasteiger partial charge is 2.00 e. The maximum Gasteiger partial charge on any atom is 2.00 e. The predicted molar refractivity (Wildman–Crippen MR) is 110 cm³/mol. The Kier molecular flexibility index (Phi) is 21.5. The first-order chi connectivity index (χ1) is 16.6. The van der Waals surface area contributed by atoms with Gasteiger partial charge in [-0.25, -0.2) is 37.3 Å². The molecule has 0 N–H and O–H groups in total. The van der Waals surface area contributed by atoms with Crippen LogP contribution in [-0.4, -0.2) is 100 Å². The summed E-state index contributed by atoms with van der Waals surface area (Å²) in [5.74, 6) is 0.932. The summed E-state index contributed by atoms with van der Waals surface area (Å²) in [6.45, 7) is 10.3. The van der Waals surface area contributed by atoms with Crippen molar-refractivity contribution in [2.45, 2.75) is 19.4 Å². The summed E-state index contributed by atoms with van der Waals surface area (Å²) in [6.07, 6.45) is 2.47. The van der Waals surface area contributed by atoms with Gasteiger partial charge in [-0.2, -0.15) is 0 Å². The number of hydrogen-bond acceptors (Lipinski definition) is 13. The van der Waals surface area contributed by atoms with Gasteiger partial charge < -0.3 is 19.4 Å². The molecule has 13 nitrogen and oxygen atoms in total. The fourth-order valence-corrected chi connectivity index (χ4v) is 3.42. The van der Waals surface area contributed by atoms with E-state index in [1.165, 1.54) is 38.0 Å². The molecule has 0 bridgehead atoms. The Morgan fingerprint density at radius 3 is 1.35 bits per heavy atom. The van der Waals surface area contributed by atoms with Crippen molar-refractivity contribution in [2.75, 3.05) is 80.6 Å². The van der Waals surface area contributed by atoms with Crippen molar-refractivity contribution in [1.29, 1.82) is 0 Å². The zero-order valence-electron chi connectivity index (χ0n) is 21.6. The average molecular weight is 625 g/mol. The molecule has 1 aliphatic heterocycles. The van der Waals surface area contributed by atoms with Crippen LogP contribution in [0.2, 0.25) is 0 Å². The monoisotopic (exact) mass is 623 g/mol. The smallest absolute Gasteiger partial charge is 0.497 e. The second-order valence-electron chi connectivity index (χ2n) is 8.50. The summed E-state index contributed by atoms with van der Waals surface area (Å²) in [7, 11) is -1.41. The topological polar surface area (TPSA) is 207 Å². The average Bonchev–Trinajstić information content (AvgIpc) is 2.73. The number of benzene rings is 1. The Morgan fingerprint density at radius 1 is 0.622 bits per heavy atom. The van der Waals surface area contributed by atoms with Crippen molar-refractivity contribution < 1.29 is 79.6 Å². The normalized spacial score (nSPS) is 18.3. The number of likely N-dealkylation sites (N-methyl/N-ethyl adjacent to an activating group) is 3. The van der Waals surface area contributed by atoms with Gasteiger partial charge in [0.05, 0.1) is 7.11 Å². The van der Waals surface area contributed by atoms with Crippen LogP contribution in [0.4, 0.5) is 0 Å². The van der Waals surface area contributed by atoms with E-state index >= 15 is 0 Å². The van der Waals surface area contributed by atoms with Gasteiger partial charge in [0, 0.05) is 32.7 Å². The molecular weight excluding hydrogens is 587 g/mol. The number of methoxy groups -OCH3 is 1. The molecule has 1 aromatic carbocycles. The van der Waals surface area contributed by atoms with Crippen molar-refractivity contribution >= 4 is 0 Å². The first-order valence-corrected chi connectivity index (χ1v) is 13.7. The summed E-state index contributed by atoms with van der Waals surface area (Å²) < 4.78 is 73.2. The second-order valence-corrected chi connectivity index (χ2v) is 10.0. The van der Waals surface area contributed by atoms with Gasteiger partial charge in [-0.1, -0.05) is 12.1 Å². The van der Waals surface area contributed by atoms with Crippen LogP contribution < -0.4 is 42.0 Å². The molecule has 1 saturated heterocycles. The maximum absolute atomic E-state index is 8.49. The summed E-state index contributed by atoms with van der Waals surface area (Å²) >= 11 is 0. The van der Waals surface area contributed by atoms with Gasteiger partial charge in [-0.15, -0.1) is 20.5 Å². The predicted octanol–water partition coefficient (Wildman–Crippen LogP) is -7.43. The third-order valence-corrected chi connectivity index (χ3v) is 5.32. The SMILES string of the molecule is COc1ccc(CN2CCCN(C)CCN(C)CCCN(C)CC2)cc1.[Cu+2].[O-][Cl+3]([O-])([O-])[O-].[O-][Cl+3]([O-])([O-])[O-]. The minimum atomic E-state index is -4.94. The summed E-state index contributed by atoms with van der Waals surface area (Å²) in [5.41, 5.74) is 1.37. The van der Waals surface area contributed by atoms with Crippen LogP contribution in [0.3, 0.4) is 0 Å². The van der Waals surface area contributed by atoms with Crippen LogP contribution in [0.5, 0.6) is 5.75 Å². The van der Waals surface area contributed by atoms with Gasteiger partial charge in [0.15, 0.2) is 0 Å². The molecule has 1 fully saturated rings. The molecule has 16 heteroatoms. The van der Waals surface area contributed by atoms with Gasteiger partial charge >= 0.3 is 17.1 Å². The molecule has 0 aromatic heterocycles. The molecule has 1 aromatic rings. The molecule has 0 amide bonds. The fourth-order valence-electron chi connectivity index (χ4n) is 3.42. The summed E-state index contributed by atoms with van der Waals surface area (Å²) in [4.78, 5) is 10.0. The van der Waals surface area contributed by atoms with E-state index in [0.29, 0.717) is 0 Å². The van der Waals surface area contributed by atoms with Crippen LogP contribution >= 0.6 is 0 Å². The standard InChI is InChI=1S/C21H38N4O.2ClHO4.Cu/c1-22-11-5-12-24(3)17-18-25(14-6-13-23(2)16-15-22)19-20-7-9-21(26-4)10-8-20;2*2-1(3,4)5;/h7-10H,5-6,11-19H2,1-4H3;2*(H,2,3,4,5);/q;;;+2/p-2. The van der Waals surface area contributed by atoms with E-state index in [4.69, 9.17) is 42.0 Å². The number of nitrogens with zero attached hydrogens (tertiary/aromatic N) is 4. The van der Waals surface area contributed by atoms with E-state index in [1.807, 2.05) is 0 Å². The Bertz CT molecular complexity index is 661. The van der Waals surface area contributed by atoms with Crippen molar-refractivity contribution in [2.24, 2.45) is 0 Å². The minimum absolute atomic E-state index is 0. The molecular formula is C21H38Cl2CuN4O9. The van der Waals surface area contributed by atoms with Gasteiger partial charge in [0.25, 0.3) is 0 Å². The third-order valence-electron chi connectivity index (χ3n) is 5.32. The minimum Gasteiger partial charge on any atom is -0.497 e. The van der Waals surface area contributed by atoms with E-state index in [1.54, 1.807) is 7.11 Å². The molecule has 0 unspecified atom stereocenters. The number of rotatable bonds is 3. The molecule has 0 spiro atoms. The Balaban J connectivity index is 0. The quantitative estimate of drug-likeness (QED) is 0.287. The second kappa shape index (κ2) is 20.5. The zero-order valence-corrected chi connectivity index (χ0v) is 24.1. The van der Waals surface area contributed by atoms with Gasteiger partial charge in [-0.3, -0.25) is 4.90 Å². The number of ether oxygens (including phenoxy) is 1. The summed E-state index contributed by atoms with van der Waals surface area (Å²) in [5, 5.41) is 0. The first kappa shape index (κ1) is 38.8. The van der Waals surface area contributed by atoms with Gasteiger partial charge in [-0.05, 0) is 77.9 Å². The van der Waals surface area contributed by atoms with Crippen LogP contribution in [0.25, 0.3) is 0 Å². The molecule has 2 rings (SSSR count). The third kappa shape index (κ3) is 28.5. The molecule has 0 atom stereocenters. The Morgan fingerprint density at radius 2 is 0.973 bits per heavy atom. The van der Waals surface area contributed by atoms with E-state index in [-0.39, 0.29) is 17.1 Å². The van der Waals surface area contributed by atoms with Crippen LogP contribution in [0.15, 0.2) is 24.3 Å². The molecule has 0 saturated carbocycles.